The van der Waals surface area contributed by atoms with Crippen LogP contribution in [0.4, 0.5) is 5.69 Å². The van der Waals surface area contributed by atoms with Crippen molar-refractivity contribution in [2.75, 3.05) is 14.2 Å². The van der Waals surface area contributed by atoms with Crippen molar-refractivity contribution in [3.05, 3.63) is 117 Å². The minimum absolute atomic E-state index is 0.104. The number of aromatic nitrogens is 1. The summed E-state index contributed by atoms with van der Waals surface area (Å²) in [4.78, 5) is 45.2. The van der Waals surface area contributed by atoms with Crippen LogP contribution in [0.25, 0.3) is 16.5 Å². The summed E-state index contributed by atoms with van der Waals surface area (Å²) in [5.41, 5.74) is -1.31. The second-order valence-corrected chi connectivity index (χ2v) is 8.48. The fraction of sp³-hybridized carbons (Fsp3) is 0.0769. The van der Waals surface area contributed by atoms with Gasteiger partial charge in [0.05, 0.1) is 40.5 Å². The molecule has 0 radical (unpaired) electrons. The van der Waals surface area contributed by atoms with Gasteiger partial charge >= 0.3 is 0 Å². The average molecular weight is 507 g/mol. The molecule has 35 heavy (non-hydrogen) atoms. The molecule has 0 spiro atoms. The third-order valence-electron chi connectivity index (χ3n) is 5.74. The van der Waals surface area contributed by atoms with Crippen LogP contribution in [0.2, 0.25) is 10.0 Å². The summed E-state index contributed by atoms with van der Waals surface area (Å²) in [7, 11) is 2.99. The van der Waals surface area contributed by atoms with E-state index in [-0.39, 0.29) is 36.6 Å². The van der Waals surface area contributed by atoms with Crippen molar-refractivity contribution in [2.45, 2.75) is 0 Å². The zero-order chi connectivity index (χ0) is 24.9. The Morgan fingerprint density at radius 1 is 0.771 bits per heavy atom. The van der Waals surface area contributed by atoms with Crippen molar-refractivity contribution in [3.63, 3.8) is 0 Å². The lowest BCUT2D eigenvalue weighted by Crippen LogP contribution is -2.26. The molecule has 2 aliphatic rings. The topological polar surface area (TPSA) is 87.0 Å². The Bertz CT molecular complexity index is 1910. The van der Waals surface area contributed by atoms with Crippen LogP contribution in [0.1, 0.15) is 0 Å². The molecule has 5 rings (SSSR count). The number of halogens is 2. The van der Waals surface area contributed by atoms with Crippen molar-refractivity contribution in [2.24, 2.45) is 4.99 Å². The van der Waals surface area contributed by atoms with Gasteiger partial charge in [0.2, 0.25) is 0 Å². The van der Waals surface area contributed by atoms with E-state index in [1.807, 2.05) is 0 Å². The highest BCUT2D eigenvalue weighted by Crippen LogP contribution is 2.31. The lowest BCUT2D eigenvalue weighted by Gasteiger charge is -2.07. The Hall–Kier alpha value is -3.94. The Balaban J connectivity index is 2.06. The van der Waals surface area contributed by atoms with Crippen molar-refractivity contribution in [1.82, 2.24) is 4.57 Å². The standard InChI is InChI=1S/C26H16Cl2N2O5/c1-34-14-8-9-19(20(10-14)35-2)29-23-15-11-17(27)18(28)12-16(15)24(31)22-21(23)25(32)30(26(22)33)13-6-4-3-5-7-13/h3-12H,1-2H3. The maximum atomic E-state index is 13.6. The Morgan fingerprint density at radius 2 is 1.43 bits per heavy atom. The maximum absolute atomic E-state index is 13.6. The molecule has 0 bridgehead atoms. The van der Waals surface area contributed by atoms with Crippen molar-refractivity contribution >= 4 is 39.7 Å². The van der Waals surface area contributed by atoms with Crippen LogP contribution in [-0.2, 0) is 0 Å². The highest BCUT2D eigenvalue weighted by Gasteiger charge is 2.20. The van der Waals surface area contributed by atoms with Crippen LogP contribution >= 0.6 is 23.2 Å². The van der Waals surface area contributed by atoms with Gasteiger partial charge in [-0.2, -0.15) is 0 Å². The molecule has 7 nitrogen and oxygen atoms in total. The number of methoxy groups -OCH3 is 2. The van der Waals surface area contributed by atoms with E-state index in [9.17, 15) is 14.4 Å². The normalized spacial score (nSPS) is 11.9. The molecule has 1 heterocycles. The molecule has 0 unspecified atom stereocenters. The first kappa shape index (κ1) is 22.8. The van der Waals surface area contributed by atoms with E-state index in [4.69, 9.17) is 37.7 Å². The number of benzene rings is 3. The molecule has 1 aliphatic heterocycles. The van der Waals surface area contributed by atoms with Crippen LogP contribution < -0.4 is 31.4 Å². The summed E-state index contributed by atoms with van der Waals surface area (Å²) >= 11 is 12.5. The lowest BCUT2D eigenvalue weighted by molar-refractivity contribution is 0.395. The van der Waals surface area contributed by atoms with Gasteiger partial charge in [0, 0.05) is 16.8 Å². The molecule has 174 valence electrons. The number of hydrogen-bond acceptors (Lipinski definition) is 6. The summed E-state index contributed by atoms with van der Waals surface area (Å²) in [6.07, 6.45) is 0. The average Bonchev–Trinajstić information content (AvgIpc) is 3.13. The largest absolute Gasteiger partial charge is 0.497 e. The van der Waals surface area contributed by atoms with Crippen LogP contribution in [0.15, 0.2) is 80.0 Å². The SMILES string of the molecule is COc1ccc(N=c2c3c(=O)n(-c4ccccc4)c(=O)c=3c(=O)c3cc(Cl)c(Cl)cc23)c(OC)c1. The van der Waals surface area contributed by atoms with Crippen LogP contribution in [0, 0.1) is 10.4 Å². The molecule has 0 saturated carbocycles. The molecule has 0 aromatic heterocycles. The van der Waals surface area contributed by atoms with Gasteiger partial charge in [-0.15, -0.1) is 0 Å². The van der Waals surface area contributed by atoms with Gasteiger partial charge < -0.3 is 9.47 Å². The smallest absolute Gasteiger partial charge is 0.270 e. The summed E-state index contributed by atoms with van der Waals surface area (Å²) in [5.74, 6) is 0.913. The first-order valence-corrected chi connectivity index (χ1v) is 11.1. The molecule has 9 heteroatoms. The van der Waals surface area contributed by atoms with E-state index in [0.717, 1.165) is 4.57 Å². The number of hydrogen-bond donors (Lipinski definition) is 0. The Kier molecular flexibility index (Phi) is 5.67. The van der Waals surface area contributed by atoms with E-state index < -0.39 is 16.5 Å². The predicted molar refractivity (Wildman–Crippen MR) is 135 cm³/mol. The third-order valence-corrected chi connectivity index (χ3v) is 6.46. The molecule has 3 aromatic carbocycles. The van der Waals surface area contributed by atoms with Gasteiger partial charge in [-0.05, 0) is 36.4 Å². The summed E-state index contributed by atoms with van der Waals surface area (Å²) < 4.78 is 11.7. The molecule has 0 saturated heterocycles. The second kappa shape index (κ2) is 8.69. The molecule has 3 aromatic rings. The third kappa shape index (κ3) is 3.60. The van der Waals surface area contributed by atoms with Gasteiger partial charge in [-0.3, -0.25) is 14.4 Å². The summed E-state index contributed by atoms with van der Waals surface area (Å²) in [5, 5.41) is 0.476. The van der Waals surface area contributed by atoms with Gasteiger partial charge in [0.15, 0.2) is 5.43 Å². The minimum Gasteiger partial charge on any atom is -0.497 e. The number of rotatable bonds is 4. The molecular weight excluding hydrogens is 491 g/mol. The zero-order valence-electron chi connectivity index (χ0n) is 18.5. The Morgan fingerprint density at radius 3 is 2.09 bits per heavy atom. The number of para-hydroxylation sites is 1. The maximum Gasteiger partial charge on any atom is 0.270 e. The second-order valence-electron chi connectivity index (χ2n) is 7.67. The molecular formula is C26H16Cl2N2O5. The fourth-order valence-electron chi connectivity index (χ4n) is 4.09. The van der Waals surface area contributed by atoms with E-state index >= 15 is 0 Å². The van der Waals surface area contributed by atoms with Crippen molar-refractivity contribution in [3.8, 4) is 17.2 Å². The van der Waals surface area contributed by atoms with E-state index in [2.05, 4.69) is 0 Å². The van der Waals surface area contributed by atoms with Gasteiger partial charge in [0.25, 0.3) is 11.1 Å². The number of fused-ring (bicyclic) bond motifs is 1. The predicted octanol–water partition coefficient (Wildman–Crippen LogP) is 3.87. The van der Waals surface area contributed by atoms with Gasteiger partial charge in [0.1, 0.15) is 22.4 Å². The first-order valence-electron chi connectivity index (χ1n) is 10.4. The highest BCUT2D eigenvalue weighted by molar-refractivity contribution is 6.42. The molecule has 0 N–H and O–H groups in total. The molecule has 0 atom stereocenters. The molecule has 0 fully saturated rings. The number of ether oxygens (including phenoxy) is 2. The minimum atomic E-state index is -0.729. The van der Waals surface area contributed by atoms with Crippen molar-refractivity contribution < 1.29 is 9.47 Å². The first-order chi connectivity index (χ1) is 16.8. The van der Waals surface area contributed by atoms with Crippen LogP contribution in [-0.4, -0.2) is 18.8 Å². The quantitative estimate of drug-likeness (QED) is 0.369. The highest BCUT2D eigenvalue weighted by atomic mass is 35.5. The Labute approximate surface area is 207 Å². The van der Waals surface area contributed by atoms with Gasteiger partial charge in [-0.1, -0.05) is 41.4 Å². The lowest BCUT2D eigenvalue weighted by atomic mass is 10.1. The zero-order valence-corrected chi connectivity index (χ0v) is 20.0. The van der Waals surface area contributed by atoms with Crippen LogP contribution in [0.3, 0.4) is 0 Å². The number of nitrogens with zero attached hydrogens (tertiary/aromatic N) is 2. The van der Waals surface area contributed by atoms with Gasteiger partial charge in [-0.25, -0.2) is 9.56 Å². The summed E-state index contributed by atoms with van der Waals surface area (Å²) in [6.45, 7) is 0. The monoisotopic (exact) mass is 506 g/mol. The van der Waals surface area contributed by atoms with E-state index in [0.29, 0.717) is 22.9 Å². The van der Waals surface area contributed by atoms with Crippen LogP contribution in [0.5, 0.6) is 11.5 Å². The van der Waals surface area contributed by atoms with E-state index in [1.165, 1.54) is 26.4 Å². The van der Waals surface area contributed by atoms with Crippen molar-refractivity contribution in [1.29, 1.82) is 0 Å². The fourth-order valence-corrected chi connectivity index (χ4v) is 4.41. The summed E-state index contributed by atoms with van der Waals surface area (Å²) in [6, 6.07) is 16.2. The molecule has 0 amide bonds. The van der Waals surface area contributed by atoms with E-state index in [1.54, 1.807) is 48.5 Å². The molecule has 1 aliphatic carbocycles.